The van der Waals surface area contributed by atoms with Crippen LogP contribution in [-0.2, 0) is 0 Å². The number of carboxylic acids is 1. The zero-order valence-electron chi connectivity index (χ0n) is 9.65. The van der Waals surface area contributed by atoms with Crippen molar-refractivity contribution in [1.82, 2.24) is 0 Å². The third-order valence-corrected chi connectivity index (χ3v) is 3.84. The van der Waals surface area contributed by atoms with Gasteiger partial charge < -0.3 is 10.8 Å². The number of hydrogen-bond donors (Lipinski definition) is 2. The first-order chi connectivity index (χ1) is 8.02. The Labute approximate surface area is 104 Å². The van der Waals surface area contributed by atoms with Crippen molar-refractivity contribution >= 4 is 23.0 Å². The number of rotatable bonds is 2. The van der Waals surface area contributed by atoms with Crippen molar-refractivity contribution in [2.45, 2.75) is 13.8 Å². The quantitative estimate of drug-likeness (QED) is 0.855. The molecule has 1 heterocycles. The molecule has 0 saturated carbocycles. The molecule has 4 heteroatoms. The smallest absolute Gasteiger partial charge is 0.348 e. The molecule has 88 valence electrons. The fourth-order valence-electron chi connectivity index (χ4n) is 1.91. The average Bonchev–Trinajstić information content (AvgIpc) is 2.56. The second-order valence-electron chi connectivity index (χ2n) is 3.90. The van der Waals surface area contributed by atoms with Crippen LogP contribution < -0.4 is 5.73 Å². The Morgan fingerprint density at radius 1 is 1.29 bits per heavy atom. The lowest BCUT2D eigenvalue weighted by molar-refractivity contribution is 0.0703. The normalized spacial score (nSPS) is 10.5. The molecule has 0 fully saturated rings. The Hall–Kier alpha value is -1.81. The summed E-state index contributed by atoms with van der Waals surface area (Å²) in [5.41, 5.74) is 9.26. The number of thiophene rings is 1. The van der Waals surface area contributed by atoms with Crippen LogP contribution in [-0.4, -0.2) is 11.1 Å². The number of anilines is 1. The molecule has 0 aliphatic carbocycles. The van der Waals surface area contributed by atoms with Gasteiger partial charge in [0, 0.05) is 10.4 Å². The largest absolute Gasteiger partial charge is 0.477 e. The van der Waals surface area contributed by atoms with Gasteiger partial charge in [0.2, 0.25) is 0 Å². The summed E-state index contributed by atoms with van der Waals surface area (Å²) in [7, 11) is 0. The predicted octanol–water partition coefficient (Wildman–Crippen LogP) is 3.31. The number of carboxylic acid groups (broad SMARTS) is 1. The molecule has 1 aromatic carbocycles. The minimum Gasteiger partial charge on any atom is -0.477 e. The maximum Gasteiger partial charge on any atom is 0.348 e. The number of aryl methyl sites for hydroxylation is 2. The van der Waals surface area contributed by atoms with E-state index >= 15 is 0 Å². The van der Waals surface area contributed by atoms with Gasteiger partial charge in [-0.15, -0.1) is 11.3 Å². The van der Waals surface area contributed by atoms with Crippen LogP contribution >= 0.6 is 11.3 Å². The zero-order chi connectivity index (χ0) is 12.6. The van der Waals surface area contributed by atoms with Gasteiger partial charge >= 0.3 is 5.97 Å². The van der Waals surface area contributed by atoms with Crippen LogP contribution in [0.5, 0.6) is 0 Å². The van der Waals surface area contributed by atoms with E-state index in [2.05, 4.69) is 0 Å². The van der Waals surface area contributed by atoms with Crippen LogP contribution in [0.15, 0.2) is 24.3 Å². The van der Waals surface area contributed by atoms with Gasteiger partial charge in [-0.2, -0.15) is 0 Å². The molecule has 17 heavy (non-hydrogen) atoms. The SMILES string of the molecule is Cc1ccccc1-c1c(C)sc(C(=O)O)c1N. The highest BCUT2D eigenvalue weighted by Crippen LogP contribution is 2.39. The van der Waals surface area contributed by atoms with Crippen molar-refractivity contribution in [3.63, 3.8) is 0 Å². The van der Waals surface area contributed by atoms with Gasteiger partial charge in [0.25, 0.3) is 0 Å². The average molecular weight is 247 g/mol. The molecule has 0 spiro atoms. The summed E-state index contributed by atoms with van der Waals surface area (Å²) in [4.78, 5) is 12.2. The molecule has 3 nitrogen and oxygen atoms in total. The molecule has 0 atom stereocenters. The second kappa shape index (κ2) is 4.22. The molecular weight excluding hydrogens is 234 g/mol. The lowest BCUT2D eigenvalue weighted by Gasteiger charge is -2.06. The molecule has 0 unspecified atom stereocenters. The molecule has 1 aromatic heterocycles. The van der Waals surface area contributed by atoms with E-state index in [-0.39, 0.29) is 4.88 Å². The Kier molecular flexibility index (Phi) is 2.90. The number of benzene rings is 1. The molecule has 0 aliphatic rings. The molecule has 0 saturated heterocycles. The minimum absolute atomic E-state index is 0.223. The summed E-state index contributed by atoms with van der Waals surface area (Å²) in [5.74, 6) is -0.963. The van der Waals surface area contributed by atoms with E-state index in [1.807, 2.05) is 38.1 Å². The summed E-state index contributed by atoms with van der Waals surface area (Å²) in [6.45, 7) is 3.89. The van der Waals surface area contributed by atoms with Crippen LogP contribution in [0.4, 0.5) is 5.69 Å². The van der Waals surface area contributed by atoms with Crippen LogP contribution in [0.25, 0.3) is 11.1 Å². The highest BCUT2D eigenvalue weighted by Gasteiger charge is 2.19. The third-order valence-electron chi connectivity index (χ3n) is 2.73. The first-order valence-corrected chi connectivity index (χ1v) is 6.02. The second-order valence-corrected chi connectivity index (χ2v) is 5.12. The molecular formula is C13H13NO2S. The standard InChI is InChI=1S/C13H13NO2S/c1-7-5-3-4-6-9(7)10-8(2)17-12(11(10)14)13(15)16/h3-6H,14H2,1-2H3,(H,15,16). The molecule has 0 radical (unpaired) electrons. The molecule has 2 rings (SSSR count). The van der Waals surface area contributed by atoms with E-state index in [1.165, 1.54) is 11.3 Å². The molecule has 2 aromatic rings. The van der Waals surface area contributed by atoms with Gasteiger partial charge in [0.05, 0.1) is 5.69 Å². The Balaban J connectivity index is 2.69. The Morgan fingerprint density at radius 2 is 1.94 bits per heavy atom. The maximum atomic E-state index is 11.0. The molecule has 0 aliphatic heterocycles. The monoisotopic (exact) mass is 247 g/mol. The van der Waals surface area contributed by atoms with E-state index in [0.717, 1.165) is 21.6 Å². The van der Waals surface area contributed by atoms with Crippen LogP contribution in [0.2, 0.25) is 0 Å². The topological polar surface area (TPSA) is 63.3 Å². The molecule has 3 N–H and O–H groups in total. The third kappa shape index (κ3) is 1.91. The van der Waals surface area contributed by atoms with Gasteiger partial charge in [0.1, 0.15) is 4.88 Å². The summed E-state index contributed by atoms with van der Waals surface area (Å²) in [6, 6.07) is 7.84. The molecule has 0 amide bonds. The van der Waals surface area contributed by atoms with Crippen molar-refractivity contribution in [2.75, 3.05) is 5.73 Å². The summed E-state index contributed by atoms with van der Waals surface area (Å²) >= 11 is 1.23. The predicted molar refractivity (Wildman–Crippen MR) is 70.6 cm³/mol. The fourth-order valence-corrected chi connectivity index (χ4v) is 2.84. The lowest BCUT2D eigenvalue weighted by atomic mass is 10.00. The van der Waals surface area contributed by atoms with E-state index < -0.39 is 5.97 Å². The van der Waals surface area contributed by atoms with Gasteiger partial charge in [-0.3, -0.25) is 0 Å². The van der Waals surface area contributed by atoms with E-state index in [0.29, 0.717) is 5.69 Å². The van der Waals surface area contributed by atoms with Gasteiger partial charge in [-0.1, -0.05) is 24.3 Å². The van der Waals surface area contributed by atoms with Crippen molar-refractivity contribution in [3.05, 3.63) is 39.6 Å². The Bertz CT molecular complexity index is 587. The highest BCUT2D eigenvalue weighted by atomic mass is 32.1. The number of nitrogens with two attached hydrogens (primary N) is 1. The van der Waals surface area contributed by atoms with Crippen LogP contribution in [0.1, 0.15) is 20.1 Å². The zero-order valence-corrected chi connectivity index (χ0v) is 10.5. The van der Waals surface area contributed by atoms with Crippen LogP contribution in [0, 0.1) is 13.8 Å². The first kappa shape index (κ1) is 11.7. The van der Waals surface area contributed by atoms with Crippen LogP contribution in [0.3, 0.4) is 0 Å². The molecule has 0 bridgehead atoms. The van der Waals surface area contributed by atoms with Crippen molar-refractivity contribution < 1.29 is 9.90 Å². The lowest BCUT2D eigenvalue weighted by Crippen LogP contribution is -1.98. The van der Waals surface area contributed by atoms with Crippen molar-refractivity contribution in [3.8, 4) is 11.1 Å². The summed E-state index contributed by atoms with van der Waals surface area (Å²) in [6.07, 6.45) is 0. The number of aromatic carboxylic acids is 1. The fraction of sp³-hybridized carbons (Fsp3) is 0.154. The summed E-state index contributed by atoms with van der Waals surface area (Å²) in [5, 5.41) is 9.05. The number of nitrogen functional groups attached to an aromatic ring is 1. The van der Waals surface area contributed by atoms with Gasteiger partial charge in [0.15, 0.2) is 0 Å². The van der Waals surface area contributed by atoms with E-state index in [4.69, 9.17) is 10.8 Å². The number of hydrogen-bond acceptors (Lipinski definition) is 3. The maximum absolute atomic E-state index is 11.0. The van der Waals surface area contributed by atoms with E-state index in [9.17, 15) is 4.79 Å². The van der Waals surface area contributed by atoms with Crippen molar-refractivity contribution in [1.29, 1.82) is 0 Å². The van der Waals surface area contributed by atoms with Gasteiger partial charge in [-0.05, 0) is 25.0 Å². The highest BCUT2D eigenvalue weighted by molar-refractivity contribution is 7.15. The van der Waals surface area contributed by atoms with Crippen molar-refractivity contribution in [2.24, 2.45) is 0 Å². The minimum atomic E-state index is -0.963. The van der Waals surface area contributed by atoms with Gasteiger partial charge in [-0.25, -0.2) is 4.79 Å². The summed E-state index contributed by atoms with van der Waals surface area (Å²) < 4.78 is 0. The number of carbonyl (C=O) groups is 1. The van der Waals surface area contributed by atoms with E-state index in [1.54, 1.807) is 0 Å². The first-order valence-electron chi connectivity index (χ1n) is 5.20. The Morgan fingerprint density at radius 3 is 2.47 bits per heavy atom.